The van der Waals surface area contributed by atoms with E-state index < -0.39 is 85.9 Å². The van der Waals surface area contributed by atoms with E-state index in [4.69, 9.17) is 4.74 Å². The summed E-state index contributed by atoms with van der Waals surface area (Å²) in [4.78, 5) is 71.9. The number of fused-ring (bicyclic) bond motifs is 3. The van der Waals surface area contributed by atoms with Crippen LogP contribution in [-0.2, 0) is 42.2 Å². The lowest BCUT2D eigenvalue weighted by Gasteiger charge is -2.30. The Kier molecular flexibility index (Phi) is 12.0. The average molecular weight is 833 g/mol. The largest absolute Gasteiger partial charge is 0.444 e. The number of carbonyl (C=O) groups excluding carboxylic acids is 5. The standard InChI is InChI=1S/C42H46F2N6O8S/c1-2-28-22-42(28)40(54)48-59(56,57)36-20-29(43)17-18-33(36)45-19-10-5-3-4-9-16-34(46-37(51)26-12-7-6-8-13-26)39(53)50-24-30(21-35(50)38(52)47-42)58-41(55)49-23-27-14-11-15-32(44)31(27)25-49/h2,6-8,11-15,17-18,20,28,30,34-35,45H,1,3-5,9-10,16,19,21-25H2,(H,46,51)(H,47,52)(H,48,54)/t28-,30-,34+,35+,42-/m1/s1. The van der Waals surface area contributed by atoms with Gasteiger partial charge in [-0.3, -0.25) is 24.1 Å². The molecule has 0 aromatic heterocycles. The van der Waals surface area contributed by atoms with E-state index in [9.17, 15) is 41.2 Å². The van der Waals surface area contributed by atoms with Gasteiger partial charge in [0.25, 0.3) is 21.8 Å². The zero-order valence-corrected chi connectivity index (χ0v) is 33.1. The lowest BCUT2D eigenvalue weighted by Crippen LogP contribution is -2.58. The molecule has 2 fully saturated rings. The van der Waals surface area contributed by atoms with Crippen LogP contribution < -0.4 is 20.7 Å². The molecule has 1 spiro atoms. The van der Waals surface area contributed by atoms with Crippen molar-refractivity contribution in [2.45, 2.75) is 93.1 Å². The van der Waals surface area contributed by atoms with E-state index >= 15 is 0 Å². The minimum absolute atomic E-state index is 0.0290. The van der Waals surface area contributed by atoms with Gasteiger partial charge in [0.2, 0.25) is 11.8 Å². The molecule has 1 aliphatic carbocycles. The highest BCUT2D eigenvalue weighted by molar-refractivity contribution is 7.90. The van der Waals surface area contributed by atoms with Gasteiger partial charge in [-0.2, -0.15) is 0 Å². The topological polar surface area (TPSA) is 183 Å². The second-order valence-corrected chi connectivity index (χ2v) is 17.1. The Morgan fingerprint density at radius 2 is 1.71 bits per heavy atom. The SMILES string of the molecule is C=C[C@@H]1C[C@@]12NC(=O)[C@@H]1C[C@@H](OC(=O)N3Cc4cccc(F)c4C3)CN1C(=O)[C@@H](NC(=O)c1ccccc1)CCCCCCCNc1ccc(F)cc1S(=O)(=O)NC2=O. The molecule has 312 valence electrons. The van der Waals surface area contributed by atoms with E-state index in [1.54, 1.807) is 42.5 Å². The number of benzene rings is 3. The number of halogens is 2. The van der Waals surface area contributed by atoms with Gasteiger partial charge >= 0.3 is 6.09 Å². The molecule has 14 nitrogen and oxygen atoms in total. The fraction of sp³-hybridized carbons (Fsp3) is 0.405. The molecule has 3 aliphatic heterocycles. The van der Waals surface area contributed by atoms with Gasteiger partial charge in [-0.25, -0.2) is 26.7 Å². The van der Waals surface area contributed by atoms with Crippen LogP contribution in [-0.4, -0.2) is 84.8 Å². The first kappa shape index (κ1) is 41.3. The number of ether oxygens (including phenoxy) is 1. The van der Waals surface area contributed by atoms with Crippen molar-refractivity contribution in [2.24, 2.45) is 5.92 Å². The zero-order chi connectivity index (χ0) is 41.9. The van der Waals surface area contributed by atoms with Crippen LogP contribution in [0.25, 0.3) is 0 Å². The number of anilines is 1. The number of nitrogens with zero attached hydrogens (tertiary/aromatic N) is 2. The summed E-state index contributed by atoms with van der Waals surface area (Å²) >= 11 is 0. The van der Waals surface area contributed by atoms with E-state index in [2.05, 4.69) is 22.5 Å². The number of amides is 5. The highest BCUT2D eigenvalue weighted by Crippen LogP contribution is 2.45. The highest BCUT2D eigenvalue weighted by atomic mass is 32.2. The summed E-state index contributed by atoms with van der Waals surface area (Å²) in [7, 11) is -4.68. The lowest BCUT2D eigenvalue weighted by atomic mass is 10.0. The second kappa shape index (κ2) is 17.2. The average Bonchev–Trinajstić information content (AvgIpc) is 3.50. The lowest BCUT2D eigenvalue weighted by molar-refractivity contribution is -0.141. The molecule has 1 saturated carbocycles. The first-order valence-corrected chi connectivity index (χ1v) is 21.2. The van der Waals surface area contributed by atoms with E-state index in [0.29, 0.717) is 42.5 Å². The molecular weight excluding hydrogens is 787 g/mol. The third-order valence-electron chi connectivity index (χ3n) is 11.4. The van der Waals surface area contributed by atoms with E-state index in [-0.39, 0.29) is 44.6 Å². The highest BCUT2D eigenvalue weighted by Gasteiger charge is 2.61. The van der Waals surface area contributed by atoms with Crippen LogP contribution in [0, 0.1) is 17.6 Å². The molecule has 4 aliphatic rings. The molecule has 0 bridgehead atoms. The molecule has 1 saturated heterocycles. The van der Waals surface area contributed by atoms with Crippen molar-refractivity contribution in [3.8, 4) is 0 Å². The predicted octanol–water partition coefficient (Wildman–Crippen LogP) is 4.52. The fourth-order valence-electron chi connectivity index (χ4n) is 8.09. The Labute approximate surface area is 340 Å². The monoisotopic (exact) mass is 832 g/mol. The predicted molar refractivity (Wildman–Crippen MR) is 211 cm³/mol. The second-order valence-electron chi connectivity index (χ2n) is 15.4. The van der Waals surface area contributed by atoms with Gasteiger partial charge in [0.1, 0.15) is 40.3 Å². The van der Waals surface area contributed by atoms with Gasteiger partial charge in [0.05, 0.1) is 18.8 Å². The third-order valence-corrected chi connectivity index (χ3v) is 12.8. The maximum Gasteiger partial charge on any atom is 0.410 e. The molecule has 17 heteroatoms. The number of nitrogens with one attached hydrogen (secondary N) is 4. The zero-order valence-electron chi connectivity index (χ0n) is 32.3. The molecule has 3 aromatic carbocycles. The van der Waals surface area contributed by atoms with Crippen molar-refractivity contribution in [3.05, 3.63) is 108 Å². The van der Waals surface area contributed by atoms with Crippen LogP contribution in [0.4, 0.5) is 19.3 Å². The molecule has 7 rings (SSSR count). The Hall–Kier alpha value is -5.84. The van der Waals surface area contributed by atoms with E-state index in [1.807, 2.05) is 4.72 Å². The van der Waals surface area contributed by atoms with Crippen LogP contribution in [0.1, 0.15) is 72.9 Å². The molecule has 0 unspecified atom stereocenters. The van der Waals surface area contributed by atoms with Crippen molar-refractivity contribution in [2.75, 3.05) is 18.4 Å². The summed E-state index contributed by atoms with van der Waals surface area (Å²) < 4.78 is 64.2. The van der Waals surface area contributed by atoms with Crippen LogP contribution in [0.3, 0.4) is 0 Å². The van der Waals surface area contributed by atoms with Crippen LogP contribution in [0.15, 0.2) is 84.3 Å². The van der Waals surface area contributed by atoms with Gasteiger partial charge in [-0.15, -0.1) is 6.58 Å². The summed E-state index contributed by atoms with van der Waals surface area (Å²) in [6.07, 6.45) is 2.88. The molecule has 59 heavy (non-hydrogen) atoms. The maximum atomic E-state index is 14.6. The summed E-state index contributed by atoms with van der Waals surface area (Å²) in [6, 6.07) is 13.7. The minimum Gasteiger partial charge on any atom is -0.444 e. The Balaban J connectivity index is 1.18. The number of hydrogen-bond donors (Lipinski definition) is 4. The van der Waals surface area contributed by atoms with Gasteiger partial charge in [-0.1, -0.05) is 62.1 Å². The van der Waals surface area contributed by atoms with Gasteiger partial charge in [0.15, 0.2) is 0 Å². The quantitative estimate of drug-likeness (QED) is 0.275. The fourth-order valence-corrected chi connectivity index (χ4v) is 9.32. The van der Waals surface area contributed by atoms with Crippen molar-refractivity contribution < 1.29 is 45.9 Å². The summed E-state index contributed by atoms with van der Waals surface area (Å²) in [6.45, 7) is 3.90. The summed E-state index contributed by atoms with van der Waals surface area (Å²) in [5.41, 5.74) is -0.404. The number of rotatable bonds is 4. The van der Waals surface area contributed by atoms with Crippen molar-refractivity contribution in [3.63, 3.8) is 0 Å². The molecule has 5 amide bonds. The third kappa shape index (κ3) is 8.94. The minimum atomic E-state index is -4.68. The molecule has 4 N–H and O–H groups in total. The van der Waals surface area contributed by atoms with Crippen molar-refractivity contribution in [1.29, 1.82) is 0 Å². The first-order valence-electron chi connectivity index (χ1n) is 19.7. The maximum absolute atomic E-state index is 14.6. The number of hydrogen-bond acceptors (Lipinski definition) is 9. The Morgan fingerprint density at radius 1 is 0.949 bits per heavy atom. The molecule has 0 radical (unpaired) electrons. The molecule has 3 heterocycles. The number of sulfonamides is 1. The molecule has 3 aromatic rings. The normalized spacial score (nSPS) is 26.0. The van der Waals surface area contributed by atoms with E-state index in [1.165, 1.54) is 28.0 Å². The summed E-state index contributed by atoms with van der Waals surface area (Å²) in [5, 5.41) is 8.56. The van der Waals surface area contributed by atoms with Gasteiger partial charge in [0, 0.05) is 36.6 Å². The van der Waals surface area contributed by atoms with E-state index in [0.717, 1.165) is 25.0 Å². The van der Waals surface area contributed by atoms with Crippen LogP contribution in [0.5, 0.6) is 0 Å². The van der Waals surface area contributed by atoms with Gasteiger partial charge in [-0.05, 0) is 61.2 Å². The molecule has 5 atom stereocenters. The van der Waals surface area contributed by atoms with Crippen molar-refractivity contribution in [1.82, 2.24) is 25.2 Å². The van der Waals surface area contributed by atoms with Crippen molar-refractivity contribution >= 4 is 45.4 Å². The molecular formula is C42H46F2N6O8S. The van der Waals surface area contributed by atoms with Gasteiger partial charge < -0.3 is 25.6 Å². The first-order chi connectivity index (χ1) is 28.3. The Morgan fingerprint density at radius 3 is 2.46 bits per heavy atom. The van der Waals surface area contributed by atoms with Crippen LogP contribution in [0.2, 0.25) is 0 Å². The summed E-state index contributed by atoms with van der Waals surface area (Å²) in [5.74, 6) is -5.04. The van der Waals surface area contributed by atoms with Crippen LogP contribution >= 0.6 is 0 Å². The smallest absolute Gasteiger partial charge is 0.410 e. The number of carbonyl (C=O) groups is 5. The Bertz CT molecular complexity index is 2260.